The van der Waals surface area contributed by atoms with Gasteiger partial charge in [-0.25, -0.2) is 0 Å². The van der Waals surface area contributed by atoms with Crippen LogP contribution in [0.5, 0.6) is 0 Å². The second kappa shape index (κ2) is 4.25. The van der Waals surface area contributed by atoms with Gasteiger partial charge in [0.2, 0.25) is 5.91 Å². The summed E-state index contributed by atoms with van der Waals surface area (Å²) in [6.07, 6.45) is 0.178. The van der Waals surface area contributed by atoms with Crippen molar-refractivity contribution >= 4 is 5.91 Å². The molecule has 0 spiro atoms. The molecule has 2 rings (SSSR count). The molecule has 0 saturated carbocycles. The highest BCUT2D eigenvalue weighted by molar-refractivity contribution is 5.80. The minimum Gasteiger partial charge on any atom is -0.374 e. The quantitative estimate of drug-likeness (QED) is 0.601. The van der Waals surface area contributed by atoms with Crippen molar-refractivity contribution in [2.75, 3.05) is 46.5 Å². The molecular formula is C9H17N3O2. The standard InChI is InChI=1S/C9H17N3O2/c1-11-2-3-14-8(5-11)6-12-7-10-4-9(12)13/h8,10H,2-7H2,1H3. The summed E-state index contributed by atoms with van der Waals surface area (Å²) in [6, 6.07) is 0. The van der Waals surface area contributed by atoms with E-state index in [-0.39, 0.29) is 12.0 Å². The van der Waals surface area contributed by atoms with Gasteiger partial charge < -0.3 is 14.5 Å². The van der Waals surface area contributed by atoms with Gasteiger partial charge in [-0.3, -0.25) is 10.1 Å². The van der Waals surface area contributed by atoms with E-state index < -0.39 is 0 Å². The molecule has 2 saturated heterocycles. The van der Waals surface area contributed by atoms with Gasteiger partial charge in [0, 0.05) is 19.6 Å². The lowest BCUT2D eigenvalue weighted by atomic mass is 10.2. The normalized spacial score (nSPS) is 29.9. The fourth-order valence-electron chi connectivity index (χ4n) is 1.89. The van der Waals surface area contributed by atoms with Crippen LogP contribution in [-0.2, 0) is 9.53 Å². The van der Waals surface area contributed by atoms with Gasteiger partial charge in [-0.1, -0.05) is 0 Å². The van der Waals surface area contributed by atoms with Crippen molar-refractivity contribution in [1.82, 2.24) is 15.1 Å². The Labute approximate surface area is 84.0 Å². The Morgan fingerprint density at radius 1 is 1.64 bits per heavy atom. The van der Waals surface area contributed by atoms with Crippen LogP contribution in [0.3, 0.4) is 0 Å². The number of hydrogen-bond donors (Lipinski definition) is 1. The molecule has 80 valence electrons. The summed E-state index contributed by atoms with van der Waals surface area (Å²) in [5.74, 6) is 0.182. The SMILES string of the molecule is CN1CCOC(CN2CNCC2=O)C1. The topological polar surface area (TPSA) is 44.8 Å². The van der Waals surface area contributed by atoms with E-state index in [9.17, 15) is 4.79 Å². The van der Waals surface area contributed by atoms with Gasteiger partial charge in [0.1, 0.15) is 0 Å². The first-order valence-electron chi connectivity index (χ1n) is 5.04. The van der Waals surface area contributed by atoms with E-state index in [2.05, 4.69) is 17.3 Å². The largest absolute Gasteiger partial charge is 0.374 e. The van der Waals surface area contributed by atoms with Gasteiger partial charge in [-0.2, -0.15) is 0 Å². The summed E-state index contributed by atoms with van der Waals surface area (Å²) < 4.78 is 5.60. The molecule has 0 aliphatic carbocycles. The first kappa shape index (κ1) is 9.89. The molecule has 1 unspecified atom stereocenters. The third kappa shape index (κ3) is 2.23. The predicted molar refractivity (Wildman–Crippen MR) is 51.8 cm³/mol. The average molecular weight is 199 g/mol. The summed E-state index contributed by atoms with van der Waals surface area (Å²) in [6.45, 7) is 4.55. The number of carbonyl (C=O) groups excluding carboxylic acids is 1. The van der Waals surface area contributed by atoms with Gasteiger partial charge in [-0.05, 0) is 7.05 Å². The molecule has 0 bridgehead atoms. The fourth-order valence-corrected chi connectivity index (χ4v) is 1.89. The number of carbonyl (C=O) groups is 1. The molecule has 2 fully saturated rings. The van der Waals surface area contributed by atoms with Crippen molar-refractivity contribution in [3.63, 3.8) is 0 Å². The van der Waals surface area contributed by atoms with Crippen LogP contribution in [0.15, 0.2) is 0 Å². The third-order valence-electron chi connectivity index (χ3n) is 2.70. The summed E-state index contributed by atoms with van der Waals surface area (Å²) in [4.78, 5) is 15.4. The van der Waals surface area contributed by atoms with Crippen molar-refractivity contribution < 1.29 is 9.53 Å². The molecular weight excluding hydrogens is 182 g/mol. The average Bonchev–Trinajstić information content (AvgIpc) is 2.52. The lowest BCUT2D eigenvalue weighted by molar-refractivity contribution is -0.129. The number of likely N-dealkylation sites (N-methyl/N-ethyl adjacent to an activating group) is 1. The summed E-state index contributed by atoms with van der Waals surface area (Å²) in [5, 5.41) is 3.03. The Kier molecular flexibility index (Phi) is 3.00. The van der Waals surface area contributed by atoms with Crippen LogP contribution in [-0.4, -0.2) is 68.3 Å². The van der Waals surface area contributed by atoms with Gasteiger partial charge in [0.25, 0.3) is 0 Å². The van der Waals surface area contributed by atoms with E-state index in [1.807, 2.05) is 4.90 Å². The fraction of sp³-hybridized carbons (Fsp3) is 0.889. The summed E-state index contributed by atoms with van der Waals surface area (Å²) >= 11 is 0. The Balaban J connectivity index is 1.81. The van der Waals surface area contributed by atoms with E-state index in [4.69, 9.17) is 4.74 Å². The number of nitrogens with zero attached hydrogens (tertiary/aromatic N) is 2. The lowest BCUT2D eigenvalue weighted by Crippen LogP contribution is -2.46. The Hall–Kier alpha value is -0.650. The molecule has 1 N–H and O–H groups in total. The number of ether oxygens (including phenoxy) is 1. The number of nitrogens with one attached hydrogen (secondary N) is 1. The first-order chi connectivity index (χ1) is 6.75. The van der Waals surface area contributed by atoms with Crippen LogP contribution in [0.1, 0.15) is 0 Å². The maximum Gasteiger partial charge on any atom is 0.237 e. The number of rotatable bonds is 2. The first-order valence-corrected chi connectivity index (χ1v) is 5.04. The molecule has 0 radical (unpaired) electrons. The minimum atomic E-state index is 0.178. The molecule has 2 aliphatic heterocycles. The summed E-state index contributed by atoms with van der Waals surface area (Å²) in [7, 11) is 2.08. The van der Waals surface area contributed by atoms with E-state index in [1.165, 1.54) is 0 Å². The third-order valence-corrected chi connectivity index (χ3v) is 2.70. The zero-order valence-corrected chi connectivity index (χ0v) is 8.53. The Bertz CT molecular complexity index is 222. The van der Waals surface area contributed by atoms with Gasteiger partial charge in [0.15, 0.2) is 0 Å². The van der Waals surface area contributed by atoms with E-state index in [1.54, 1.807) is 0 Å². The van der Waals surface area contributed by atoms with Crippen LogP contribution in [0, 0.1) is 0 Å². The molecule has 0 aromatic heterocycles. The van der Waals surface area contributed by atoms with Crippen LogP contribution < -0.4 is 5.32 Å². The monoisotopic (exact) mass is 199 g/mol. The molecule has 5 heteroatoms. The van der Waals surface area contributed by atoms with E-state index in [0.29, 0.717) is 13.2 Å². The summed E-state index contributed by atoms with van der Waals surface area (Å²) in [5.41, 5.74) is 0. The predicted octanol–water partition coefficient (Wildman–Crippen LogP) is -1.29. The highest BCUT2D eigenvalue weighted by atomic mass is 16.5. The number of morpholine rings is 1. The van der Waals surface area contributed by atoms with E-state index >= 15 is 0 Å². The molecule has 2 heterocycles. The van der Waals surface area contributed by atoms with Gasteiger partial charge >= 0.3 is 0 Å². The highest BCUT2D eigenvalue weighted by Gasteiger charge is 2.25. The number of hydrogen-bond acceptors (Lipinski definition) is 4. The number of amides is 1. The van der Waals surface area contributed by atoms with Gasteiger partial charge in [0.05, 0.1) is 25.9 Å². The van der Waals surface area contributed by atoms with Crippen molar-refractivity contribution in [2.45, 2.75) is 6.10 Å². The van der Waals surface area contributed by atoms with Crippen molar-refractivity contribution in [2.24, 2.45) is 0 Å². The molecule has 14 heavy (non-hydrogen) atoms. The maximum absolute atomic E-state index is 11.3. The van der Waals surface area contributed by atoms with Crippen LogP contribution in [0.2, 0.25) is 0 Å². The Morgan fingerprint density at radius 2 is 2.50 bits per heavy atom. The van der Waals surface area contributed by atoms with Crippen molar-refractivity contribution in [1.29, 1.82) is 0 Å². The molecule has 0 aromatic rings. The molecule has 1 atom stereocenters. The molecule has 2 aliphatic rings. The van der Waals surface area contributed by atoms with E-state index in [0.717, 1.165) is 26.2 Å². The van der Waals surface area contributed by atoms with Crippen LogP contribution in [0.4, 0.5) is 0 Å². The Morgan fingerprint density at radius 3 is 3.14 bits per heavy atom. The van der Waals surface area contributed by atoms with Crippen LogP contribution >= 0.6 is 0 Å². The molecule has 1 amide bonds. The second-order valence-electron chi connectivity index (χ2n) is 3.96. The van der Waals surface area contributed by atoms with Crippen molar-refractivity contribution in [3.05, 3.63) is 0 Å². The lowest BCUT2D eigenvalue weighted by Gasteiger charge is -2.32. The highest BCUT2D eigenvalue weighted by Crippen LogP contribution is 2.06. The molecule has 0 aromatic carbocycles. The van der Waals surface area contributed by atoms with Crippen LogP contribution in [0.25, 0.3) is 0 Å². The maximum atomic E-state index is 11.3. The molecule has 5 nitrogen and oxygen atoms in total. The zero-order chi connectivity index (χ0) is 9.97. The van der Waals surface area contributed by atoms with Gasteiger partial charge in [-0.15, -0.1) is 0 Å². The smallest absolute Gasteiger partial charge is 0.237 e. The zero-order valence-electron chi connectivity index (χ0n) is 8.53. The minimum absolute atomic E-state index is 0.178. The van der Waals surface area contributed by atoms with Crippen molar-refractivity contribution in [3.8, 4) is 0 Å². The second-order valence-corrected chi connectivity index (χ2v) is 3.96.